The topological polar surface area (TPSA) is 95.5 Å². The van der Waals surface area contributed by atoms with E-state index < -0.39 is 12.0 Å². The van der Waals surface area contributed by atoms with Gasteiger partial charge in [0.05, 0.1) is 0 Å². The Morgan fingerprint density at radius 1 is 1.38 bits per heavy atom. The normalized spacial score (nSPS) is 15.2. The van der Waals surface area contributed by atoms with Crippen LogP contribution in [0.5, 0.6) is 0 Å². The van der Waals surface area contributed by atoms with Crippen molar-refractivity contribution in [2.24, 2.45) is 5.92 Å². The Balaban J connectivity index is 1.68. The molecule has 114 valence electrons. The molecule has 6 nitrogen and oxygen atoms in total. The Labute approximate surface area is 126 Å². The maximum Gasteiger partial charge on any atom is 0.326 e. The molecule has 0 saturated heterocycles. The van der Waals surface area contributed by atoms with E-state index in [4.69, 9.17) is 5.11 Å². The van der Waals surface area contributed by atoms with Crippen molar-refractivity contribution in [1.29, 1.82) is 0 Å². The minimum absolute atomic E-state index is 0.0737. The predicted octanol–water partition coefficient (Wildman–Crippen LogP) is 1.24. The Morgan fingerprint density at radius 2 is 2.14 bits per heavy atom. The predicted molar refractivity (Wildman–Crippen MR) is 78.2 cm³/mol. The zero-order chi connectivity index (χ0) is 15.2. The standard InChI is InChI=1S/C14H18N2O4S/c17-12(16-11(14(19)20)7-9-1-2-9)3-5-15-13(18)10-4-6-21-8-10/h4,6,8-9,11H,1-3,5,7H2,(H,15,18)(H,16,17)(H,19,20). The molecule has 1 unspecified atom stereocenters. The molecule has 1 heterocycles. The zero-order valence-electron chi connectivity index (χ0n) is 11.5. The van der Waals surface area contributed by atoms with Gasteiger partial charge in [0.2, 0.25) is 5.91 Å². The third-order valence-corrected chi connectivity index (χ3v) is 4.00. The van der Waals surface area contributed by atoms with Crippen LogP contribution in [-0.2, 0) is 9.59 Å². The molecule has 0 bridgehead atoms. The fourth-order valence-electron chi connectivity index (χ4n) is 1.96. The van der Waals surface area contributed by atoms with Crippen molar-refractivity contribution in [1.82, 2.24) is 10.6 Å². The number of rotatable bonds is 8. The van der Waals surface area contributed by atoms with Gasteiger partial charge in [0.15, 0.2) is 0 Å². The lowest BCUT2D eigenvalue weighted by atomic mass is 10.1. The zero-order valence-corrected chi connectivity index (χ0v) is 12.3. The molecule has 0 radical (unpaired) electrons. The first-order valence-electron chi connectivity index (χ1n) is 6.89. The smallest absolute Gasteiger partial charge is 0.326 e. The second-order valence-corrected chi connectivity index (χ2v) is 5.94. The van der Waals surface area contributed by atoms with Gasteiger partial charge in [0.25, 0.3) is 5.91 Å². The largest absolute Gasteiger partial charge is 0.480 e. The van der Waals surface area contributed by atoms with E-state index in [0.29, 0.717) is 17.9 Å². The van der Waals surface area contributed by atoms with E-state index in [0.717, 1.165) is 12.8 Å². The molecular formula is C14H18N2O4S. The van der Waals surface area contributed by atoms with Crippen LogP contribution in [0.25, 0.3) is 0 Å². The highest BCUT2D eigenvalue weighted by Crippen LogP contribution is 2.33. The Kier molecular flexibility index (Phi) is 5.32. The summed E-state index contributed by atoms with van der Waals surface area (Å²) in [6.45, 7) is 0.191. The van der Waals surface area contributed by atoms with E-state index in [1.165, 1.54) is 11.3 Å². The van der Waals surface area contributed by atoms with E-state index in [2.05, 4.69) is 10.6 Å². The molecule has 3 N–H and O–H groups in total. The maximum absolute atomic E-state index is 11.7. The van der Waals surface area contributed by atoms with Gasteiger partial charge < -0.3 is 15.7 Å². The second kappa shape index (κ2) is 7.21. The SMILES string of the molecule is O=C(CCNC(=O)c1ccsc1)NC(CC1CC1)C(=O)O. The van der Waals surface area contributed by atoms with E-state index in [1.54, 1.807) is 16.8 Å². The summed E-state index contributed by atoms with van der Waals surface area (Å²) in [4.78, 5) is 34.4. The monoisotopic (exact) mass is 310 g/mol. The molecule has 1 aromatic heterocycles. The van der Waals surface area contributed by atoms with Gasteiger partial charge in [-0.3, -0.25) is 9.59 Å². The minimum Gasteiger partial charge on any atom is -0.480 e. The van der Waals surface area contributed by atoms with Crippen LogP contribution in [0.3, 0.4) is 0 Å². The first-order valence-corrected chi connectivity index (χ1v) is 7.83. The number of thiophene rings is 1. The maximum atomic E-state index is 11.7. The summed E-state index contributed by atoms with van der Waals surface area (Å²) in [5.74, 6) is -1.16. The minimum atomic E-state index is -1.00. The molecule has 1 aliphatic rings. The van der Waals surface area contributed by atoms with Crippen LogP contribution in [0.1, 0.15) is 36.0 Å². The van der Waals surface area contributed by atoms with Crippen molar-refractivity contribution in [2.75, 3.05) is 6.54 Å². The molecule has 7 heteroatoms. The highest BCUT2D eigenvalue weighted by atomic mass is 32.1. The van der Waals surface area contributed by atoms with Gasteiger partial charge in [0.1, 0.15) is 6.04 Å². The molecule has 1 fully saturated rings. The number of carbonyl (C=O) groups is 3. The summed E-state index contributed by atoms with van der Waals surface area (Å²) in [6, 6.07) is 0.883. The molecule has 1 aliphatic carbocycles. The molecule has 2 rings (SSSR count). The van der Waals surface area contributed by atoms with Crippen LogP contribution in [0.4, 0.5) is 0 Å². The Morgan fingerprint density at radius 3 is 2.71 bits per heavy atom. The van der Waals surface area contributed by atoms with Crippen molar-refractivity contribution in [3.05, 3.63) is 22.4 Å². The number of amides is 2. The van der Waals surface area contributed by atoms with Gasteiger partial charge in [-0.1, -0.05) is 12.8 Å². The second-order valence-electron chi connectivity index (χ2n) is 5.16. The van der Waals surface area contributed by atoms with Crippen LogP contribution in [-0.4, -0.2) is 35.5 Å². The highest BCUT2D eigenvalue weighted by molar-refractivity contribution is 7.08. The average molecular weight is 310 g/mol. The molecule has 0 aromatic carbocycles. The fraction of sp³-hybridized carbons (Fsp3) is 0.500. The van der Waals surface area contributed by atoms with Crippen LogP contribution in [0.15, 0.2) is 16.8 Å². The average Bonchev–Trinajstić information content (AvgIpc) is 3.07. The number of carbonyl (C=O) groups excluding carboxylic acids is 2. The van der Waals surface area contributed by atoms with Gasteiger partial charge in [-0.05, 0) is 23.8 Å². The molecule has 21 heavy (non-hydrogen) atoms. The van der Waals surface area contributed by atoms with E-state index in [1.807, 2.05) is 0 Å². The molecule has 2 amide bonds. The highest BCUT2D eigenvalue weighted by Gasteiger charge is 2.30. The van der Waals surface area contributed by atoms with Gasteiger partial charge in [-0.2, -0.15) is 11.3 Å². The lowest BCUT2D eigenvalue weighted by Crippen LogP contribution is -2.42. The van der Waals surface area contributed by atoms with Crippen molar-refractivity contribution < 1.29 is 19.5 Å². The summed E-state index contributed by atoms with van der Waals surface area (Å²) < 4.78 is 0. The summed E-state index contributed by atoms with van der Waals surface area (Å²) in [5, 5.41) is 17.7. The van der Waals surface area contributed by atoms with Gasteiger partial charge in [0, 0.05) is 23.9 Å². The van der Waals surface area contributed by atoms with Gasteiger partial charge >= 0.3 is 5.97 Å². The van der Waals surface area contributed by atoms with Gasteiger partial charge in [-0.25, -0.2) is 4.79 Å². The molecule has 1 atom stereocenters. The lowest BCUT2D eigenvalue weighted by molar-refractivity contribution is -0.142. The van der Waals surface area contributed by atoms with Crippen molar-refractivity contribution in [2.45, 2.75) is 31.7 Å². The molecule has 0 spiro atoms. The number of hydrogen-bond acceptors (Lipinski definition) is 4. The molecular weight excluding hydrogens is 292 g/mol. The third kappa shape index (κ3) is 5.18. The quantitative estimate of drug-likeness (QED) is 0.673. The van der Waals surface area contributed by atoms with Gasteiger partial charge in [-0.15, -0.1) is 0 Å². The number of aliphatic carboxylic acids is 1. The fourth-order valence-corrected chi connectivity index (χ4v) is 2.60. The van der Waals surface area contributed by atoms with Crippen molar-refractivity contribution in [3.63, 3.8) is 0 Å². The van der Waals surface area contributed by atoms with Crippen LogP contribution >= 0.6 is 11.3 Å². The number of carboxylic acids is 1. The van der Waals surface area contributed by atoms with Crippen LogP contribution in [0.2, 0.25) is 0 Å². The Hall–Kier alpha value is -1.89. The first-order chi connectivity index (χ1) is 10.1. The first kappa shape index (κ1) is 15.5. The van der Waals surface area contributed by atoms with E-state index >= 15 is 0 Å². The van der Waals surface area contributed by atoms with Crippen LogP contribution in [0, 0.1) is 5.92 Å². The van der Waals surface area contributed by atoms with Crippen molar-refractivity contribution in [3.8, 4) is 0 Å². The summed E-state index contributed by atoms with van der Waals surface area (Å²) in [5.41, 5.74) is 0.567. The van der Waals surface area contributed by atoms with E-state index in [9.17, 15) is 14.4 Å². The third-order valence-electron chi connectivity index (χ3n) is 3.32. The lowest BCUT2D eigenvalue weighted by Gasteiger charge is -2.14. The van der Waals surface area contributed by atoms with E-state index in [-0.39, 0.29) is 24.8 Å². The summed E-state index contributed by atoms with van der Waals surface area (Å²) in [7, 11) is 0. The molecule has 0 aliphatic heterocycles. The molecule has 1 aromatic rings. The number of carboxylic acid groups (broad SMARTS) is 1. The Bertz CT molecular complexity index is 511. The van der Waals surface area contributed by atoms with Crippen molar-refractivity contribution >= 4 is 29.1 Å². The van der Waals surface area contributed by atoms with Crippen LogP contribution < -0.4 is 10.6 Å². The molecule has 1 saturated carbocycles. The number of nitrogens with one attached hydrogen (secondary N) is 2. The number of hydrogen-bond donors (Lipinski definition) is 3. The summed E-state index contributed by atoms with van der Waals surface area (Å²) >= 11 is 1.43. The summed E-state index contributed by atoms with van der Waals surface area (Å²) in [6.07, 6.45) is 2.64.